The van der Waals surface area contributed by atoms with Gasteiger partial charge in [0.1, 0.15) is 34.6 Å². The number of hydrogen-bond donors (Lipinski definition) is 6. The zero-order valence-electron chi connectivity index (χ0n) is 47.3. The molecule has 2 aliphatic carbocycles. The summed E-state index contributed by atoms with van der Waals surface area (Å²) in [6.07, 6.45) is 7.49. The molecule has 20 nitrogen and oxygen atoms in total. The number of carboxylic acids is 1. The Bertz CT molecular complexity index is 3320. The molecule has 1 amide bonds. The fraction of sp³-hybridized carbons (Fsp3) is 0.517. The van der Waals surface area contributed by atoms with Gasteiger partial charge in [-0.1, -0.05) is 45.9 Å². The van der Waals surface area contributed by atoms with Crippen molar-refractivity contribution in [1.29, 1.82) is 0 Å². The Morgan fingerprint density at radius 3 is 2.16 bits per heavy atom. The molecule has 21 heteroatoms. The van der Waals surface area contributed by atoms with Crippen LogP contribution in [0.4, 0.5) is 10.1 Å². The Morgan fingerprint density at radius 2 is 1.52 bits per heavy atom. The number of esters is 1. The lowest BCUT2D eigenvalue weighted by molar-refractivity contribution is -0.160. The molecule has 2 saturated heterocycles. The van der Waals surface area contributed by atoms with Gasteiger partial charge in [0.25, 0.3) is 17.2 Å². The van der Waals surface area contributed by atoms with Crippen LogP contribution >= 0.6 is 0 Å². The maximum atomic E-state index is 16.2. The molecule has 0 radical (unpaired) electrons. The molecular formula is C60H72FN5O15. The van der Waals surface area contributed by atoms with E-state index in [2.05, 4.69) is 10.6 Å². The number of likely N-dealkylation sites (tertiary alicyclic amines) is 1. The van der Waals surface area contributed by atoms with Gasteiger partial charge in [0.15, 0.2) is 5.82 Å². The topological polar surface area (TPSA) is 272 Å². The van der Waals surface area contributed by atoms with Gasteiger partial charge in [-0.25, -0.2) is 9.18 Å². The molecule has 434 valence electrons. The quantitative estimate of drug-likeness (QED) is 0.143. The summed E-state index contributed by atoms with van der Waals surface area (Å²) in [7, 11) is 1.42. The van der Waals surface area contributed by atoms with Gasteiger partial charge in [-0.3, -0.25) is 33.2 Å². The molecule has 5 aliphatic heterocycles. The number of nitrogens with zero attached hydrogens (tertiary/aromatic N) is 3. The standard InChI is InChI=1S/C60H72FN5O15/c1-27-12-11-13-28(2)57(74)63-45-48(64-20-16-36(17-21-64)62-37-18-22-65(25-37)47-30(4)46-38(35-14-15-35)24-39(59(76)77)58(75)66(46)26-40(47)61)53(72)42-43(52(45)71)51(70)33(7)55-44(42)56(73)60(9,81-55)79-23-19-41(78-10)29(3)54(80-34(8)67)32(6)50(69)31(5)49(27)68/h11-13,19,23-24,26-27,29,31-32,35-37,41,49-50,54,62,68-70H,14-18,20-22,25H2,1-10H3,(H,63,74)(H,76,77)/b12-11+,23-19+,28-13-/t27-,29+,31+,32+,37+,41-,49-,50+,54+,60-/m0/s1. The lowest BCUT2D eigenvalue weighted by Crippen LogP contribution is -2.49. The van der Waals surface area contributed by atoms with Crippen LogP contribution in [-0.2, 0) is 23.8 Å². The van der Waals surface area contributed by atoms with Crippen molar-refractivity contribution in [2.45, 2.75) is 143 Å². The van der Waals surface area contributed by atoms with E-state index in [0.29, 0.717) is 54.7 Å². The monoisotopic (exact) mass is 1120 g/mol. The van der Waals surface area contributed by atoms with Crippen molar-refractivity contribution in [3.8, 4) is 11.5 Å². The molecule has 5 bridgehead atoms. The lowest BCUT2D eigenvalue weighted by Gasteiger charge is -2.38. The van der Waals surface area contributed by atoms with Gasteiger partial charge in [0.2, 0.25) is 11.6 Å². The average molecular weight is 1120 g/mol. The number of aromatic nitrogens is 1. The normalized spacial score (nSPS) is 30.2. The summed E-state index contributed by atoms with van der Waals surface area (Å²) in [6, 6.07) is 1.21. The fourth-order valence-corrected chi connectivity index (χ4v) is 12.6. The highest BCUT2D eigenvalue weighted by atomic mass is 19.1. The Kier molecular flexibility index (Phi) is 16.3. The number of fused-ring (bicyclic) bond motifs is 15. The van der Waals surface area contributed by atoms with Crippen molar-refractivity contribution < 1.29 is 72.5 Å². The number of aliphatic hydroxyl groups is 2. The second kappa shape index (κ2) is 22.6. The summed E-state index contributed by atoms with van der Waals surface area (Å²) in [6.45, 7) is 15.4. The number of methoxy groups -OCH3 is 1. The number of Topliss-reactive ketones (excluding diaryl/α,β-unsaturated/α-hetero) is 3. The van der Waals surface area contributed by atoms with E-state index in [4.69, 9.17) is 18.9 Å². The third kappa shape index (κ3) is 10.7. The van der Waals surface area contributed by atoms with Crippen LogP contribution in [-0.4, -0.2) is 140 Å². The Balaban J connectivity index is 1.02. The van der Waals surface area contributed by atoms with E-state index in [-0.39, 0.29) is 59.2 Å². The summed E-state index contributed by atoms with van der Waals surface area (Å²) in [5, 5.41) is 51.2. The lowest BCUT2D eigenvalue weighted by atomic mass is 9.78. The molecule has 7 heterocycles. The number of hydrogen-bond acceptors (Lipinski definition) is 17. The van der Waals surface area contributed by atoms with E-state index in [1.165, 1.54) is 59.3 Å². The van der Waals surface area contributed by atoms with Crippen LogP contribution in [0.3, 0.4) is 0 Å². The number of benzene rings is 1. The fourth-order valence-electron chi connectivity index (χ4n) is 12.6. The number of ketones is 3. The number of rotatable bonds is 8. The molecule has 0 spiro atoms. The zero-order chi connectivity index (χ0) is 58.8. The number of halogens is 1. The van der Waals surface area contributed by atoms with Crippen molar-refractivity contribution in [3.63, 3.8) is 0 Å². The maximum absolute atomic E-state index is 16.2. The minimum Gasteiger partial charge on any atom is -0.507 e. The average Bonchev–Trinajstić information content (AvgIpc) is 2.63. The minimum atomic E-state index is -2.15. The first kappa shape index (κ1) is 58.5. The summed E-state index contributed by atoms with van der Waals surface area (Å²) >= 11 is 0. The van der Waals surface area contributed by atoms with Crippen LogP contribution in [0.15, 0.2) is 64.6 Å². The number of phenolic OH excluding ortho intramolecular Hbond substituents is 1. The van der Waals surface area contributed by atoms with Crippen LogP contribution in [0.5, 0.6) is 11.5 Å². The molecule has 2 aromatic heterocycles. The van der Waals surface area contributed by atoms with E-state index in [9.17, 15) is 44.4 Å². The highest BCUT2D eigenvalue weighted by Gasteiger charge is 2.53. The second-order valence-corrected chi connectivity index (χ2v) is 22.9. The predicted molar refractivity (Wildman–Crippen MR) is 294 cm³/mol. The number of carboxylic acid groups (broad SMARTS) is 1. The smallest absolute Gasteiger partial charge is 0.341 e. The molecule has 1 saturated carbocycles. The maximum Gasteiger partial charge on any atom is 0.341 e. The molecule has 3 aromatic rings. The van der Waals surface area contributed by atoms with E-state index in [1.54, 1.807) is 51.7 Å². The molecular weight excluding hydrogens is 1050 g/mol. The summed E-state index contributed by atoms with van der Waals surface area (Å²) in [5.74, 6) is -11.6. The number of aromatic carboxylic acids is 1. The van der Waals surface area contributed by atoms with Gasteiger partial charge in [-0.15, -0.1) is 0 Å². The summed E-state index contributed by atoms with van der Waals surface area (Å²) < 4.78 is 41.1. The Hall–Kier alpha value is -7.20. The van der Waals surface area contributed by atoms with Crippen LogP contribution in [0.2, 0.25) is 0 Å². The molecule has 1 aromatic carbocycles. The molecule has 3 fully saturated rings. The van der Waals surface area contributed by atoms with Gasteiger partial charge < -0.3 is 59.8 Å². The van der Waals surface area contributed by atoms with E-state index < -0.39 is 129 Å². The molecule has 7 aliphatic rings. The zero-order valence-corrected chi connectivity index (χ0v) is 47.3. The predicted octanol–water partition coefficient (Wildman–Crippen LogP) is 5.93. The number of anilines is 1. The minimum absolute atomic E-state index is 0.0372. The highest BCUT2D eigenvalue weighted by molar-refractivity contribution is 6.32. The van der Waals surface area contributed by atoms with E-state index in [0.717, 1.165) is 23.4 Å². The Morgan fingerprint density at radius 1 is 0.852 bits per heavy atom. The molecule has 6 N–H and O–H groups in total. The number of amides is 1. The number of carbonyl (C=O) groups is 6. The first-order valence-electron chi connectivity index (χ1n) is 27.7. The van der Waals surface area contributed by atoms with Gasteiger partial charge in [0, 0.05) is 94.0 Å². The van der Waals surface area contributed by atoms with Crippen molar-refractivity contribution in [2.75, 3.05) is 38.2 Å². The number of ether oxygens (including phenoxy) is 4. The molecule has 10 atom stereocenters. The molecule has 81 heavy (non-hydrogen) atoms. The number of aryl methyl sites for hydroxylation is 1. The Labute approximate surface area is 468 Å². The van der Waals surface area contributed by atoms with Crippen molar-refractivity contribution in [3.05, 3.63) is 115 Å². The number of nitrogens with one attached hydrogen (secondary N) is 2. The summed E-state index contributed by atoms with van der Waals surface area (Å²) in [5.41, 5.74) is -0.837. The second-order valence-electron chi connectivity index (χ2n) is 22.9. The number of phenols is 1. The van der Waals surface area contributed by atoms with Gasteiger partial charge in [-0.05, 0) is 82.1 Å². The summed E-state index contributed by atoms with van der Waals surface area (Å²) in [4.78, 5) is 101. The number of aromatic hydroxyl groups is 1. The first-order chi connectivity index (χ1) is 38.3. The largest absolute Gasteiger partial charge is 0.507 e. The van der Waals surface area contributed by atoms with Crippen molar-refractivity contribution >= 4 is 46.4 Å². The SMILES string of the molecule is CO[C@H]1/C=C/O[C@@]2(C)Oc3c(C)c(O)c4c(c3C2=O)C(=O)C(N2CCC(N[C@@H]3CCN(c5c(F)cn6c(=O)c(C(=O)O)cc(C7CC7)c6c5C)C3)CC2)=C(NC(=O)/C(C)=C\C=C\[C@H](C)[C@H](O)[C@@H](C)[C@@H](O)[C@@H](C)[C@H](OC(C)=O)[C@@H]1C)C4=O. The first-order valence-corrected chi connectivity index (χ1v) is 27.7. The molecule has 0 unspecified atom stereocenters. The number of pyridine rings is 2. The number of carbonyl (C=O) groups excluding carboxylic acids is 5. The number of aliphatic hydroxyl groups excluding tert-OH is 2. The van der Waals surface area contributed by atoms with Gasteiger partial charge in [0.05, 0.1) is 58.7 Å². The van der Waals surface area contributed by atoms with Crippen LogP contribution in [0, 0.1) is 43.3 Å². The van der Waals surface area contributed by atoms with Gasteiger partial charge >= 0.3 is 17.7 Å². The van der Waals surface area contributed by atoms with Crippen LogP contribution in [0.25, 0.3) is 5.52 Å². The van der Waals surface area contributed by atoms with E-state index in [1.807, 2.05) is 4.90 Å². The van der Waals surface area contributed by atoms with Crippen LogP contribution < -0.4 is 25.8 Å². The van der Waals surface area contributed by atoms with E-state index >= 15 is 14.0 Å². The number of piperidine rings is 1. The van der Waals surface area contributed by atoms with Gasteiger partial charge in [-0.2, -0.15) is 0 Å². The van der Waals surface area contributed by atoms with Crippen molar-refractivity contribution in [1.82, 2.24) is 19.9 Å². The highest BCUT2D eigenvalue weighted by Crippen LogP contribution is 2.50. The third-order valence-electron chi connectivity index (χ3n) is 17.4. The third-order valence-corrected chi connectivity index (χ3v) is 17.4. The van der Waals surface area contributed by atoms with Crippen LogP contribution in [0.1, 0.15) is 145 Å². The number of allylic oxidation sites excluding steroid dienone is 4. The molecule has 10 rings (SSSR count). The van der Waals surface area contributed by atoms with Crippen molar-refractivity contribution in [2.24, 2.45) is 23.7 Å².